The number of halogens is 1. The number of carbonyl (C=O) groups excluding carboxylic acids is 1. The number of ether oxygens (including phenoxy) is 2. The number of piperazine rings is 1. The van der Waals surface area contributed by atoms with Gasteiger partial charge in [0, 0.05) is 75.3 Å². The molecule has 2 aromatic carbocycles. The fraction of sp³-hybridized carbons (Fsp3) is 0.312. The van der Waals surface area contributed by atoms with E-state index in [2.05, 4.69) is 43.8 Å². The maximum Gasteiger partial charge on any atom is 0.245 e. The predicted octanol–water partition coefficient (Wildman–Crippen LogP) is 4.39. The van der Waals surface area contributed by atoms with Gasteiger partial charge in [0.2, 0.25) is 5.91 Å². The summed E-state index contributed by atoms with van der Waals surface area (Å²) in [7, 11) is 1.56. The smallest absolute Gasteiger partial charge is 0.245 e. The van der Waals surface area contributed by atoms with Crippen LogP contribution in [0.1, 0.15) is 18.4 Å². The lowest BCUT2D eigenvalue weighted by Gasteiger charge is -2.32. The number of benzene rings is 2. The number of hydrogen-bond donors (Lipinski definition) is 3. The number of amidine groups is 1. The van der Waals surface area contributed by atoms with Gasteiger partial charge >= 0.3 is 0 Å². The molecule has 4 N–H and O–H groups in total. The Hall–Kier alpha value is -4.97. The number of pyridine rings is 1. The van der Waals surface area contributed by atoms with Gasteiger partial charge in [0.25, 0.3) is 0 Å². The zero-order chi connectivity index (χ0) is 31.1. The first-order valence-electron chi connectivity index (χ1n) is 14.5. The molecule has 44 heavy (non-hydrogen) atoms. The molecule has 2 fully saturated rings. The Labute approximate surface area is 256 Å². The number of aromatic nitrogens is 1. The minimum Gasteiger partial charge on any atom is -0.495 e. The standard InChI is InChI=1S/C32H37FN8O3/c1-4-31(42)41-13-8-21(9-14-41)38-28-19-24(27(35-2)20-29(28)43-3)32(34)39-26-6-5-22(17-25(26)33)44-23-7-10-37-30(18-23)40-15-11-36-12-16-40/h4-7,10,17-21,36,38H,1-2,8-9,11-16H2,3H3,(H2,34,39). The highest BCUT2D eigenvalue weighted by Crippen LogP contribution is 2.35. The third-order valence-corrected chi connectivity index (χ3v) is 7.66. The van der Waals surface area contributed by atoms with Crippen LogP contribution in [0.2, 0.25) is 0 Å². The average molecular weight is 601 g/mol. The number of hydrogen-bond acceptors (Lipinski definition) is 9. The van der Waals surface area contributed by atoms with E-state index in [0.29, 0.717) is 47.3 Å². The molecule has 2 saturated heterocycles. The van der Waals surface area contributed by atoms with Crippen LogP contribution in [0.4, 0.5) is 27.3 Å². The number of methoxy groups -OCH3 is 1. The van der Waals surface area contributed by atoms with Gasteiger partial charge < -0.3 is 35.6 Å². The van der Waals surface area contributed by atoms with E-state index in [9.17, 15) is 4.79 Å². The lowest BCUT2D eigenvalue weighted by atomic mass is 10.0. The number of rotatable bonds is 10. The van der Waals surface area contributed by atoms with Crippen LogP contribution in [0.15, 0.2) is 71.3 Å². The predicted molar refractivity (Wildman–Crippen MR) is 172 cm³/mol. The molecule has 2 aliphatic rings. The quantitative estimate of drug-likeness (QED) is 0.178. The van der Waals surface area contributed by atoms with Crippen molar-refractivity contribution >= 4 is 41.3 Å². The highest BCUT2D eigenvalue weighted by atomic mass is 19.1. The Morgan fingerprint density at radius 2 is 1.86 bits per heavy atom. The zero-order valence-electron chi connectivity index (χ0n) is 24.8. The fourth-order valence-corrected chi connectivity index (χ4v) is 5.28. The Morgan fingerprint density at radius 1 is 1.11 bits per heavy atom. The first-order chi connectivity index (χ1) is 21.4. The molecule has 1 amide bonds. The number of likely N-dealkylation sites (tertiary alicyclic amines) is 1. The number of carbonyl (C=O) groups is 1. The highest BCUT2D eigenvalue weighted by Gasteiger charge is 2.23. The number of nitrogens with zero attached hydrogens (tertiary/aromatic N) is 5. The lowest BCUT2D eigenvalue weighted by molar-refractivity contribution is -0.126. The summed E-state index contributed by atoms with van der Waals surface area (Å²) in [6.07, 6.45) is 4.51. The molecule has 0 saturated carbocycles. The number of nitrogens with one attached hydrogen (secondary N) is 2. The lowest BCUT2D eigenvalue weighted by Crippen LogP contribution is -2.43. The van der Waals surface area contributed by atoms with Gasteiger partial charge in [0.1, 0.15) is 34.6 Å². The Bertz CT molecular complexity index is 1550. The van der Waals surface area contributed by atoms with Gasteiger partial charge in [-0.3, -0.25) is 9.79 Å². The summed E-state index contributed by atoms with van der Waals surface area (Å²) < 4.78 is 26.8. The number of nitrogens with two attached hydrogens (primary N) is 1. The van der Waals surface area contributed by atoms with Crippen LogP contribution in [0.5, 0.6) is 17.2 Å². The van der Waals surface area contributed by atoms with E-state index in [1.54, 1.807) is 42.5 Å². The summed E-state index contributed by atoms with van der Waals surface area (Å²) in [6.45, 7) is 11.9. The van der Waals surface area contributed by atoms with Gasteiger partial charge in [0.05, 0.1) is 18.5 Å². The van der Waals surface area contributed by atoms with Crippen molar-refractivity contribution in [3.63, 3.8) is 0 Å². The maximum atomic E-state index is 15.2. The summed E-state index contributed by atoms with van der Waals surface area (Å²) in [6, 6.07) is 11.6. The van der Waals surface area contributed by atoms with Gasteiger partial charge in [0.15, 0.2) is 5.82 Å². The van der Waals surface area contributed by atoms with Gasteiger partial charge in [-0.15, -0.1) is 0 Å². The number of piperidine rings is 1. The molecular formula is C32H37FN8O3. The van der Waals surface area contributed by atoms with Crippen molar-refractivity contribution in [3.8, 4) is 17.2 Å². The molecule has 3 aromatic rings. The van der Waals surface area contributed by atoms with Crippen molar-refractivity contribution in [2.24, 2.45) is 15.7 Å². The molecule has 11 nitrogen and oxygen atoms in total. The van der Waals surface area contributed by atoms with E-state index in [-0.39, 0.29) is 23.5 Å². The van der Waals surface area contributed by atoms with Crippen molar-refractivity contribution in [1.29, 1.82) is 0 Å². The summed E-state index contributed by atoms with van der Waals surface area (Å²) in [5, 5.41) is 6.81. The average Bonchev–Trinajstić information content (AvgIpc) is 3.06. The Balaban J connectivity index is 1.32. The van der Waals surface area contributed by atoms with Crippen LogP contribution in [0.25, 0.3) is 0 Å². The number of amides is 1. The molecule has 1 aromatic heterocycles. The second kappa shape index (κ2) is 14.0. The van der Waals surface area contributed by atoms with Crippen molar-refractivity contribution in [2.75, 3.05) is 56.6 Å². The molecule has 2 aliphatic heterocycles. The van der Waals surface area contributed by atoms with Crippen LogP contribution >= 0.6 is 0 Å². The summed E-state index contributed by atoms with van der Waals surface area (Å²) in [5.74, 6) is 1.64. The van der Waals surface area contributed by atoms with Gasteiger partial charge in [-0.05, 0) is 49.9 Å². The van der Waals surface area contributed by atoms with E-state index in [1.807, 2.05) is 6.07 Å². The fourth-order valence-electron chi connectivity index (χ4n) is 5.28. The van der Waals surface area contributed by atoms with Crippen molar-refractivity contribution < 1.29 is 18.7 Å². The first-order valence-corrected chi connectivity index (χ1v) is 14.5. The summed E-state index contributed by atoms with van der Waals surface area (Å²) >= 11 is 0. The second-order valence-electron chi connectivity index (χ2n) is 10.5. The van der Waals surface area contributed by atoms with Gasteiger partial charge in [-0.2, -0.15) is 0 Å². The Morgan fingerprint density at radius 3 is 2.55 bits per heavy atom. The second-order valence-corrected chi connectivity index (χ2v) is 10.5. The third kappa shape index (κ3) is 7.14. The van der Waals surface area contributed by atoms with Crippen LogP contribution in [0.3, 0.4) is 0 Å². The number of anilines is 2. The highest BCUT2D eigenvalue weighted by molar-refractivity contribution is 6.04. The van der Waals surface area contributed by atoms with Crippen molar-refractivity contribution in [1.82, 2.24) is 15.2 Å². The molecule has 5 rings (SSSR count). The van der Waals surface area contributed by atoms with E-state index in [1.165, 1.54) is 18.2 Å². The van der Waals surface area contributed by atoms with E-state index >= 15 is 4.39 Å². The molecule has 3 heterocycles. The van der Waals surface area contributed by atoms with E-state index in [0.717, 1.165) is 44.8 Å². The normalized spacial score (nSPS) is 15.9. The SMILES string of the molecule is C=CC(=O)N1CCC(Nc2cc(C(N)=Nc3ccc(Oc4ccnc(N5CCNCC5)c4)cc3F)c(N=C)cc2OC)CC1. The van der Waals surface area contributed by atoms with Crippen LogP contribution in [0, 0.1) is 5.82 Å². The molecule has 0 unspecified atom stereocenters. The molecule has 0 spiro atoms. The van der Waals surface area contributed by atoms with Crippen molar-refractivity contribution in [2.45, 2.75) is 18.9 Å². The van der Waals surface area contributed by atoms with Crippen LogP contribution in [-0.4, -0.2) is 80.8 Å². The molecular weight excluding hydrogens is 563 g/mol. The zero-order valence-corrected chi connectivity index (χ0v) is 24.8. The van der Waals surface area contributed by atoms with Crippen LogP contribution in [-0.2, 0) is 4.79 Å². The summed E-state index contributed by atoms with van der Waals surface area (Å²) in [4.78, 5) is 28.8. The Kier molecular flexibility index (Phi) is 9.70. The largest absolute Gasteiger partial charge is 0.495 e. The van der Waals surface area contributed by atoms with Crippen molar-refractivity contribution in [3.05, 3.63) is 72.7 Å². The minimum absolute atomic E-state index is 0.0469. The van der Waals surface area contributed by atoms with Gasteiger partial charge in [-0.1, -0.05) is 6.58 Å². The minimum atomic E-state index is -0.595. The molecule has 230 valence electrons. The molecule has 12 heteroatoms. The molecule has 0 bridgehead atoms. The monoisotopic (exact) mass is 600 g/mol. The summed E-state index contributed by atoms with van der Waals surface area (Å²) in [5.41, 5.74) is 8.05. The van der Waals surface area contributed by atoms with E-state index < -0.39 is 5.82 Å². The maximum absolute atomic E-state index is 15.2. The topological polar surface area (TPSA) is 130 Å². The first kappa shape index (κ1) is 30.5. The molecule has 0 aliphatic carbocycles. The molecule has 0 radical (unpaired) electrons. The van der Waals surface area contributed by atoms with E-state index in [4.69, 9.17) is 15.2 Å². The third-order valence-electron chi connectivity index (χ3n) is 7.66. The van der Waals surface area contributed by atoms with Gasteiger partial charge in [-0.25, -0.2) is 14.4 Å². The molecule has 0 atom stereocenters. The number of aliphatic imine (C=N–C) groups is 2. The van der Waals surface area contributed by atoms with Crippen LogP contribution < -0.4 is 30.7 Å².